The first-order chi connectivity index (χ1) is 11.2. The molecule has 1 N–H and O–H groups in total. The van der Waals surface area contributed by atoms with Gasteiger partial charge in [0.1, 0.15) is 5.82 Å². The molecule has 0 unspecified atom stereocenters. The molecule has 23 heavy (non-hydrogen) atoms. The summed E-state index contributed by atoms with van der Waals surface area (Å²) in [6, 6.07) is 7.25. The maximum absolute atomic E-state index is 12.7. The zero-order valence-electron chi connectivity index (χ0n) is 13.5. The summed E-state index contributed by atoms with van der Waals surface area (Å²) >= 11 is 0. The van der Waals surface area contributed by atoms with Crippen LogP contribution in [0.3, 0.4) is 0 Å². The van der Waals surface area contributed by atoms with Gasteiger partial charge in [-0.3, -0.25) is 15.0 Å². The third-order valence-corrected chi connectivity index (χ3v) is 4.61. The molecule has 3 rings (SSSR count). The molecule has 0 saturated heterocycles. The van der Waals surface area contributed by atoms with Crippen molar-refractivity contribution in [1.82, 2.24) is 9.66 Å². The highest BCUT2D eigenvalue weighted by Crippen LogP contribution is 2.23. The van der Waals surface area contributed by atoms with Crippen LogP contribution in [0, 0.1) is 5.92 Å². The lowest BCUT2D eigenvalue weighted by molar-refractivity contribution is -0.121. The number of benzene rings is 1. The van der Waals surface area contributed by atoms with Crippen molar-refractivity contribution in [2.75, 3.05) is 5.43 Å². The number of nitrogens with one attached hydrogen (secondary N) is 1. The summed E-state index contributed by atoms with van der Waals surface area (Å²) < 4.78 is 1.34. The van der Waals surface area contributed by atoms with Crippen LogP contribution in [0.1, 0.15) is 51.3 Å². The van der Waals surface area contributed by atoms with E-state index >= 15 is 0 Å². The Bertz CT molecular complexity index is 758. The van der Waals surface area contributed by atoms with E-state index in [-0.39, 0.29) is 17.4 Å². The fraction of sp³-hybridized carbons (Fsp3) is 0.500. The number of aryl methyl sites for hydroxylation is 1. The Morgan fingerprint density at radius 3 is 2.61 bits per heavy atom. The number of aromatic nitrogens is 2. The lowest BCUT2D eigenvalue weighted by atomic mass is 10.00. The Morgan fingerprint density at radius 2 is 1.91 bits per heavy atom. The minimum Gasteiger partial charge on any atom is -0.273 e. The van der Waals surface area contributed by atoms with Crippen LogP contribution in [0.5, 0.6) is 0 Å². The average Bonchev–Trinajstić information content (AvgIpc) is 2.86. The second-order valence-electron chi connectivity index (χ2n) is 6.20. The molecule has 122 valence electrons. The summed E-state index contributed by atoms with van der Waals surface area (Å²) in [6.07, 6.45) is 6.97. The van der Waals surface area contributed by atoms with Gasteiger partial charge in [0.05, 0.1) is 10.9 Å². The van der Waals surface area contributed by atoms with Gasteiger partial charge in [-0.25, -0.2) is 9.66 Å². The largest absolute Gasteiger partial charge is 0.280 e. The molecule has 5 heteroatoms. The molecule has 1 saturated carbocycles. The first-order valence-corrected chi connectivity index (χ1v) is 8.52. The van der Waals surface area contributed by atoms with E-state index in [2.05, 4.69) is 10.4 Å². The van der Waals surface area contributed by atoms with Crippen molar-refractivity contribution in [2.24, 2.45) is 5.92 Å². The number of fused-ring (bicyclic) bond motifs is 1. The summed E-state index contributed by atoms with van der Waals surface area (Å²) in [6.45, 7) is 1.94. The molecule has 1 heterocycles. The molecule has 1 amide bonds. The van der Waals surface area contributed by atoms with Crippen LogP contribution >= 0.6 is 0 Å². The summed E-state index contributed by atoms with van der Waals surface area (Å²) in [5, 5.41) is 0.533. The van der Waals surface area contributed by atoms with E-state index in [1.165, 1.54) is 17.5 Å². The van der Waals surface area contributed by atoms with Crippen LogP contribution in [0.4, 0.5) is 0 Å². The molecule has 1 aromatic carbocycles. The normalized spacial score (nSPS) is 16.2. The highest BCUT2D eigenvalue weighted by molar-refractivity contribution is 5.86. The number of carbonyl (C=O) groups is 1. The van der Waals surface area contributed by atoms with E-state index in [0.29, 0.717) is 23.1 Å². The van der Waals surface area contributed by atoms with E-state index in [9.17, 15) is 9.59 Å². The maximum Gasteiger partial charge on any atom is 0.280 e. The van der Waals surface area contributed by atoms with E-state index in [0.717, 1.165) is 25.7 Å². The van der Waals surface area contributed by atoms with Crippen LogP contribution in [0.25, 0.3) is 10.9 Å². The summed E-state index contributed by atoms with van der Waals surface area (Å²) in [5.41, 5.74) is 3.30. The number of nitrogens with zero attached hydrogens (tertiary/aromatic N) is 2. The van der Waals surface area contributed by atoms with Gasteiger partial charge < -0.3 is 0 Å². The highest BCUT2D eigenvalue weighted by atomic mass is 16.2. The van der Waals surface area contributed by atoms with Crippen LogP contribution < -0.4 is 11.0 Å². The van der Waals surface area contributed by atoms with Gasteiger partial charge in [-0.05, 0) is 25.0 Å². The van der Waals surface area contributed by atoms with Gasteiger partial charge in [-0.15, -0.1) is 0 Å². The predicted octanol–water partition coefficient (Wildman–Crippen LogP) is 3.00. The van der Waals surface area contributed by atoms with E-state index in [4.69, 9.17) is 0 Å². The maximum atomic E-state index is 12.7. The Morgan fingerprint density at radius 1 is 1.22 bits per heavy atom. The molecule has 1 fully saturated rings. The van der Waals surface area contributed by atoms with Gasteiger partial charge in [0.25, 0.3) is 5.56 Å². The molecular formula is C18H23N3O2. The molecule has 0 aliphatic heterocycles. The zero-order valence-corrected chi connectivity index (χ0v) is 13.5. The van der Waals surface area contributed by atoms with Gasteiger partial charge in [0.2, 0.25) is 5.91 Å². The number of hydrogen-bond acceptors (Lipinski definition) is 3. The highest BCUT2D eigenvalue weighted by Gasteiger charge is 2.21. The second kappa shape index (κ2) is 6.94. The fourth-order valence-corrected chi connectivity index (χ4v) is 3.27. The molecule has 0 spiro atoms. The fourth-order valence-electron chi connectivity index (χ4n) is 3.27. The van der Waals surface area contributed by atoms with Crippen molar-refractivity contribution in [3.63, 3.8) is 0 Å². The number of hydrogen-bond donors (Lipinski definition) is 1. The summed E-state index contributed by atoms with van der Waals surface area (Å²) in [4.78, 5) is 29.8. The first kappa shape index (κ1) is 15.7. The number of para-hydroxylation sites is 1. The standard InChI is InChI=1S/C18H23N3O2/c1-2-16-19-15-12-8-7-11-14(15)18(23)21(16)20-17(22)13-9-5-3-4-6-10-13/h7-8,11-13H,2-6,9-10H2,1H3,(H,20,22). The molecule has 0 radical (unpaired) electrons. The number of amides is 1. The smallest absolute Gasteiger partial charge is 0.273 e. The molecule has 1 aromatic heterocycles. The second-order valence-corrected chi connectivity index (χ2v) is 6.20. The van der Waals surface area contributed by atoms with Crippen molar-refractivity contribution >= 4 is 16.8 Å². The van der Waals surface area contributed by atoms with E-state index in [1.54, 1.807) is 6.07 Å². The molecule has 1 aliphatic rings. The predicted molar refractivity (Wildman–Crippen MR) is 90.9 cm³/mol. The molecule has 5 nitrogen and oxygen atoms in total. The molecule has 0 atom stereocenters. The van der Waals surface area contributed by atoms with Crippen LogP contribution in [0.15, 0.2) is 29.1 Å². The summed E-state index contributed by atoms with van der Waals surface area (Å²) in [7, 11) is 0. The average molecular weight is 313 g/mol. The third kappa shape index (κ3) is 3.28. The Kier molecular flexibility index (Phi) is 4.74. The van der Waals surface area contributed by atoms with Gasteiger partial charge in [-0.1, -0.05) is 44.7 Å². The number of rotatable bonds is 3. The summed E-state index contributed by atoms with van der Waals surface area (Å²) in [5.74, 6) is 0.539. The lowest BCUT2D eigenvalue weighted by Gasteiger charge is -2.17. The number of carbonyl (C=O) groups excluding carboxylic acids is 1. The molecule has 2 aromatic rings. The van der Waals surface area contributed by atoms with Crippen molar-refractivity contribution in [1.29, 1.82) is 0 Å². The van der Waals surface area contributed by atoms with Crippen molar-refractivity contribution < 1.29 is 4.79 Å². The van der Waals surface area contributed by atoms with Gasteiger partial charge >= 0.3 is 0 Å². The van der Waals surface area contributed by atoms with Crippen molar-refractivity contribution in [3.05, 3.63) is 40.4 Å². The van der Waals surface area contributed by atoms with Gasteiger partial charge in [0, 0.05) is 12.3 Å². The molecular weight excluding hydrogens is 290 g/mol. The molecule has 0 bridgehead atoms. The van der Waals surface area contributed by atoms with Crippen LogP contribution in [-0.4, -0.2) is 15.6 Å². The Labute approximate surface area is 135 Å². The van der Waals surface area contributed by atoms with E-state index < -0.39 is 0 Å². The Hall–Kier alpha value is -2.17. The SMILES string of the molecule is CCc1nc2ccccc2c(=O)n1NC(=O)C1CCCCCC1. The van der Waals surface area contributed by atoms with Gasteiger partial charge in [-0.2, -0.15) is 0 Å². The Balaban J connectivity index is 1.93. The lowest BCUT2D eigenvalue weighted by Crippen LogP contribution is -2.39. The van der Waals surface area contributed by atoms with Crippen molar-refractivity contribution in [3.8, 4) is 0 Å². The van der Waals surface area contributed by atoms with Crippen molar-refractivity contribution in [2.45, 2.75) is 51.9 Å². The van der Waals surface area contributed by atoms with Crippen LogP contribution in [0.2, 0.25) is 0 Å². The first-order valence-electron chi connectivity index (χ1n) is 8.52. The quantitative estimate of drug-likeness (QED) is 0.886. The minimum atomic E-state index is -0.200. The third-order valence-electron chi connectivity index (χ3n) is 4.61. The minimum absolute atomic E-state index is 0.000534. The monoisotopic (exact) mass is 313 g/mol. The van der Waals surface area contributed by atoms with E-state index in [1.807, 2.05) is 25.1 Å². The molecule has 1 aliphatic carbocycles. The topological polar surface area (TPSA) is 64.0 Å². The van der Waals surface area contributed by atoms with Crippen LogP contribution in [-0.2, 0) is 11.2 Å². The van der Waals surface area contributed by atoms with Gasteiger partial charge in [0.15, 0.2) is 0 Å². The zero-order chi connectivity index (χ0) is 16.2.